The lowest BCUT2D eigenvalue weighted by atomic mass is 10.1. The molecule has 0 aliphatic heterocycles. The van der Waals surface area contributed by atoms with Crippen LogP contribution in [0.5, 0.6) is 0 Å². The number of aromatic nitrogens is 1. The number of hydrogen-bond acceptors (Lipinski definition) is 5. The van der Waals surface area contributed by atoms with Crippen LogP contribution in [0.4, 0.5) is 5.88 Å². The zero-order valence-electron chi connectivity index (χ0n) is 14.1. The van der Waals surface area contributed by atoms with Crippen molar-refractivity contribution in [3.8, 4) is 17.5 Å². The minimum absolute atomic E-state index is 0.310. The molecule has 0 fully saturated rings. The summed E-state index contributed by atoms with van der Waals surface area (Å²) in [5, 5.41) is 12.4. The largest absolute Gasteiger partial charge is 0.419 e. The van der Waals surface area contributed by atoms with Gasteiger partial charge in [0, 0.05) is 12.1 Å². The number of nitrogens with zero attached hydrogens (tertiary/aromatic N) is 3. The third-order valence-electron chi connectivity index (χ3n) is 3.83. The van der Waals surface area contributed by atoms with Crippen molar-refractivity contribution in [1.29, 1.82) is 5.26 Å². The molecular weight excluding hydrogens is 288 g/mol. The summed E-state index contributed by atoms with van der Waals surface area (Å²) >= 11 is 0. The lowest BCUT2D eigenvalue weighted by molar-refractivity contribution is 0.302. The highest BCUT2D eigenvalue weighted by Gasteiger charge is 2.14. The number of oxazole rings is 1. The Morgan fingerprint density at radius 2 is 2.09 bits per heavy atom. The Bertz CT molecular complexity index is 668. The second-order valence-electron chi connectivity index (χ2n) is 5.49. The smallest absolute Gasteiger partial charge is 0.232 e. The van der Waals surface area contributed by atoms with Gasteiger partial charge in [-0.3, -0.25) is 0 Å². The number of nitrogens with one attached hydrogen (secondary N) is 1. The van der Waals surface area contributed by atoms with E-state index >= 15 is 0 Å². The van der Waals surface area contributed by atoms with Crippen molar-refractivity contribution in [2.45, 2.75) is 27.2 Å². The highest BCUT2D eigenvalue weighted by atomic mass is 16.4. The van der Waals surface area contributed by atoms with Crippen LogP contribution in [0.1, 0.15) is 31.5 Å². The van der Waals surface area contributed by atoms with Gasteiger partial charge >= 0.3 is 0 Å². The number of hydrogen-bond donors (Lipinski definition) is 1. The molecule has 2 rings (SSSR count). The maximum atomic E-state index is 9.23. The van der Waals surface area contributed by atoms with Gasteiger partial charge in [0.15, 0.2) is 0 Å². The number of anilines is 1. The molecular formula is C18H24N4O. The molecule has 2 aromatic rings. The fourth-order valence-corrected chi connectivity index (χ4v) is 2.46. The van der Waals surface area contributed by atoms with Crippen LogP contribution in [-0.2, 0) is 0 Å². The molecule has 1 aromatic carbocycles. The summed E-state index contributed by atoms with van der Waals surface area (Å²) in [6.45, 7) is 10.2. The number of aryl methyl sites for hydroxylation is 1. The van der Waals surface area contributed by atoms with Crippen molar-refractivity contribution >= 4 is 5.88 Å². The van der Waals surface area contributed by atoms with Crippen LogP contribution < -0.4 is 5.32 Å². The summed E-state index contributed by atoms with van der Waals surface area (Å²) in [4.78, 5) is 6.65. The van der Waals surface area contributed by atoms with Crippen molar-refractivity contribution < 1.29 is 4.42 Å². The third kappa shape index (κ3) is 4.57. The zero-order chi connectivity index (χ0) is 16.7. The van der Waals surface area contributed by atoms with Crippen LogP contribution in [0.15, 0.2) is 28.7 Å². The molecule has 1 N–H and O–H groups in total. The van der Waals surface area contributed by atoms with E-state index in [-0.39, 0.29) is 0 Å². The van der Waals surface area contributed by atoms with Crippen LogP contribution in [0, 0.1) is 18.3 Å². The molecule has 0 aliphatic carbocycles. The van der Waals surface area contributed by atoms with Crippen molar-refractivity contribution in [2.24, 2.45) is 0 Å². The molecule has 1 heterocycles. The Morgan fingerprint density at radius 3 is 2.74 bits per heavy atom. The quantitative estimate of drug-likeness (QED) is 0.753. The molecule has 0 spiro atoms. The monoisotopic (exact) mass is 312 g/mol. The van der Waals surface area contributed by atoms with Gasteiger partial charge in [-0.05, 0) is 45.1 Å². The summed E-state index contributed by atoms with van der Waals surface area (Å²) in [6, 6.07) is 10.0. The predicted octanol–water partition coefficient (Wildman–Crippen LogP) is 3.67. The summed E-state index contributed by atoms with van der Waals surface area (Å²) in [6.07, 6.45) is 0.993. The molecule has 5 nitrogen and oxygen atoms in total. The van der Waals surface area contributed by atoms with Gasteiger partial charge in [-0.1, -0.05) is 31.5 Å². The van der Waals surface area contributed by atoms with Crippen LogP contribution >= 0.6 is 0 Å². The molecule has 1 aromatic heterocycles. The van der Waals surface area contributed by atoms with Crippen molar-refractivity contribution in [1.82, 2.24) is 9.88 Å². The second-order valence-corrected chi connectivity index (χ2v) is 5.49. The first-order valence-corrected chi connectivity index (χ1v) is 8.12. The molecule has 0 radical (unpaired) electrons. The summed E-state index contributed by atoms with van der Waals surface area (Å²) in [5.41, 5.74) is 2.33. The molecule has 0 saturated carbocycles. The first-order chi connectivity index (χ1) is 11.2. The molecule has 0 unspecified atom stereocenters. The van der Waals surface area contributed by atoms with E-state index in [1.54, 1.807) is 0 Å². The van der Waals surface area contributed by atoms with Gasteiger partial charge in [0.05, 0.1) is 0 Å². The topological polar surface area (TPSA) is 65.1 Å². The maximum absolute atomic E-state index is 9.23. The second kappa shape index (κ2) is 8.35. The van der Waals surface area contributed by atoms with Crippen LogP contribution in [0.25, 0.3) is 11.5 Å². The van der Waals surface area contributed by atoms with Gasteiger partial charge in [-0.25, -0.2) is 0 Å². The predicted molar refractivity (Wildman–Crippen MR) is 92.3 cm³/mol. The normalized spacial score (nSPS) is 10.7. The van der Waals surface area contributed by atoms with Crippen molar-refractivity contribution in [3.05, 3.63) is 35.5 Å². The maximum Gasteiger partial charge on any atom is 0.232 e. The third-order valence-corrected chi connectivity index (χ3v) is 3.83. The summed E-state index contributed by atoms with van der Waals surface area (Å²) in [5.74, 6) is 0.944. The van der Waals surface area contributed by atoms with Gasteiger partial charge in [-0.15, -0.1) is 0 Å². The van der Waals surface area contributed by atoms with E-state index in [4.69, 9.17) is 4.42 Å². The highest BCUT2D eigenvalue weighted by Crippen LogP contribution is 2.25. The minimum Gasteiger partial charge on any atom is -0.419 e. The van der Waals surface area contributed by atoms with Gasteiger partial charge in [0.1, 0.15) is 6.07 Å². The van der Waals surface area contributed by atoms with E-state index in [9.17, 15) is 5.26 Å². The van der Waals surface area contributed by atoms with E-state index in [0.29, 0.717) is 17.5 Å². The lowest BCUT2D eigenvalue weighted by Crippen LogP contribution is -2.25. The fraction of sp³-hybridized carbons (Fsp3) is 0.444. The van der Waals surface area contributed by atoms with Gasteiger partial charge < -0.3 is 14.6 Å². The molecule has 5 heteroatoms. The average molecular weight is 312 g/mol. The molecule has 0 bridgehead atoms. The number of nitriles is 1. The summed E-state index contributed by atoms with van der Waals surface area (Å²) < 4.78 is 5.75. The van der Waals surface area contributed by atoms with Crippen LogP contribution in [-0.4, -0.2) is 36.1 Å². The van der Waals surface area contributed by atoms with E-state index in [1.807, 2.05) is 31.2 Å². The Hall–Kier alpha value is -2.32. The van der Waals surface area contributed by atoms with Gasteiger partial charge in [0.25, 0.3) is 0 Å². The Kier molecular flexibility index (Phi) is 6.19. The van der Waals surface area contributed by atoms with Crippen LogP contribution in [0.2, 0.25) is 0 Å². The molecule has 0 saturated heterocycles. The van der Waals surface area contributed by atoms with E-state index in [1.165, 1.54) is 0 Å². The van der Waals surface area contributed by atoms with Crippen LogP contribution in [0.3, 0.4) is 0 Å². The molecule has 0 amide bonds. The lowest BCUT2D eigenvalue weighted by Gasteiger charge is -2.17. The Labute approximate surface area is 137 Å². The highest BCUT2D eigenvalue weighted by molar-refractivity contribution is 5.59. The molecule has 0 atom stereocenters. The standard InChI is InChI=1S/C18H24N4O/c1-4-22(5-2)11-7-10-20-18-16(13-19)21-17(23-18)15-9-6-8-14(3)12-15/h6,8-9,12,20H,4-5,7,10-11H2,1-3H3. The molecule has 122 valence electrons. The summed E-state index contributed by atoms with van der Waals surface area (Å²) in [7, 11) is 0. The number of benzene rings is 1. The minimum atomic E-state index is 0.310. The Morgan fingerprint density at radius 1 is 1.30 bits per heavy atom. The fourth-order valence-electron chi connectivity index (χ4n) is 2.46. The SMILES string of the molecule is CCN(CC)CCCNc1oc(-c2cccc(C)c2)nc1C#N. The first-order valence-electron chi connectivity index (χ1n) is 8.12. The average Bonchev–Trinajstić information content (AvgIpc) is 2.98. The molecule has 23 heavy (non-hydrogen) atoms. The van der Waals surface area contributed by atoms with Crippen molar-refractivity contribution in [3.63, 3.8) is 0 Å². The van der Waals surface area contributed by atoms with E-state index in [2.05, 4.69) is 35.1 Å². The number of rotatable bonds is 8. The van der Waals surface area contributed by atoms with E-state index in [0.717, 1.165) is 43.7 Å². The van der Waals surface area contributed by atoms with E-state index < -0.39 is 0 Å². The molecule has 0 aliphatic rings. The Balaban J connectivity index is 2.01. The zero-order valence-corrected chi connectivity index (χ0v) is 14.1. The first kappa shape index (κ1) is 17.0. The van der Waals surface area contributed by atoms with Crippen molar-refractivity contribution in [2.75, 3.05) is 31.5 Å². The van der Waals surface area contributed by atoms with Gasteiger partial charge in [-0.2, -0.15) is 10.2 Å². The van der Waals surface area contributed by atoms with Gasteiger partial charge in [0.2, 0.25) is 17.5 Å².